The van der Waals surface area contributed by atoms with E-state index in [0.29, 0.717) is 43.1 Å². The third-order valence-corrected chi connectivity index (χ3v) is 11.4. The predicted octanol–water partition coefficient (Wildman–Crippen LogP) is 8.39. The summed E-state index contributed by atoms with van der Waals surface area (Å²) >= 11 is 0. The molecule has 7 unspecified atom stereocenters. The second-order valence-electron chi connectivity index (χ2n) is 17.3. The SMILES string of the molecule is CCCCCCCC/C=C\CCCCCCCC(=O)OCC(COP(=O)([O-])OCC[N+](C)(C)C)OC(=O)CCC/C=C\CC1C(O)CC(O)OC1/C=C/C(O)CCCCC. The fraction of sp³-hybridized carbons (Fsp3) is 0.826. The largest absolute Gasteiger partial charge is 0.756 e. The number of phosphoric ester groups is 1. The Hall–Kier alpha value is -1.93. The van der Waals surface area contributed by atoms with Gasteiger partial charge in [-0.15, -0.1) is 0 Å². The number of hydrogen-bond acceptors (Lipinski definition) is 12. The summed E-state index contributed by atoms with van der Waals surface area (Å²) in [6, 6.07) is 0. The molecule has 0 aromatic heterocycles. The summed E-state index contributed by atoms with van der Waals surface area (Å²) in [4.78, 5) is 37.8. The normalized spacial score (nSPS) is 20.8. The van der Waals surface area contributed by atoms with Gasteiger partial charge in [0.25, 0.3) is 7.82 Å². The second-order valence-corrected chi connectivity index (χ2v) is 18.7. The van der Waals surface area contributed by atoms with Crippen LogP contribution in [0.3, 0.4) is 0 Å². The molecule has 7 atom stereocenters. The van der Waals surface area contributed by atoms with E-state index in [1.54, 1.807) is 12.2 Å². The standard InChI is InChI=1S/C46H84NO12P/c1-6-8-10-11-12-13-14-15-16-17-18-19-20-21-26-30-44(50)55-37-40(38-57-60(53,54)56-35-34-47(3,4)5)58-45(51)31-27-23-22-25-29-41-42(49)36-46(52)59-43(41)33-32-39(48)28-24-9-7-2/h15-16,22,25,32-33,39-43,46,48-49,52H,6-14,17-21,23-24,26-31,34-38H2,1-5H3/b16-15-,25-22-,33-32+. The van der Waals surface area contributed by atoms with Gasteiger partial charge in [-0.25, -0.2) is 0 Å². The molecule has 1 saturated heterocycles. The van der Waals surface area contributed by atoms with Gasteiger partial charge in [0.2, 0.25) is 0 Å². The van der Waals surface area contributed by atoms with Crippen LogP contribution < -0.4 is 4.89 Å². The van der Waals surface area contributed by atoms with Crippen LogP contribution in [-0.4, -0.2) is 110 Å². The molecule has 0 aromatic carbocycles. The molecule has 60 heavy (non-hydrogen) atoms. The molecule has 1 fully saturated rings. The van der Waals surface area contributed by atoms with Gasteiger partial charge >= 0.3 is 11.9 Å². The molecule has 3 N–H and O–H groups in total. The molecule has 0 aliphatic carbocycles. The number of hydrogen-bond donors (Lipinski definition) is 3. The molecule has 0 saturated carbocycles. The monoisotopic (exact) mass is 874 g/mol. The maximum Gasteiger partial charge on any atom is 0.306 e. The first-order chi connectivity index (χ1) is 28.7. The highest BCUT2D eigenvalue weighted by Crippen LogP contribution is 2.38. The van der Waals surface area contributed by atoms with Crippen molar-refractivity contribution < 1.29 is 62.1 Å². The van der Waals surface area contributed by atoms with Gasteiger partial charge in [0.15, 0.2) is 12.4 Å². The highest BCUT2D eigenvalue weighted by molar-refractivity contribution is 7.45. The predicted molar refractivity (Wildman–Crippen MR) is 235 cm³/mol. The Morgan fingerprint density at radius 3 is 2.03 bits per heavy atom. The first kappa shape index (κ1) is 56.1. The summed E-state index contributed by atoms with van der Waals surface area (Å²) < 4.78 is 39.5. The van der Waals surface area contributed by atoms with Crippen LogP contribution in [0, 0.1) is 5.92 Å². The van der Waals surface area contributed by atoms with Gasteiger partial charge in [-0.3, -0.25) is 14.2 Å². The fourth-order valence-electron chi connectivity index (χ4n) is 6.69. The number of allylic oxidation sites excluding steroid dienone is 4. The van der Waals surface area contributed by atoms with Gasteiger partial charge in [0.05, 0.1) is 46.1 Å². The zero-order valence-corrected chi connectivity index (χ0v) is 38.8. The summed E-state index contributed by atoms with van der Waals surface area (Å²) in [5.74, 6) is -1.36. The quantitative estimate of drug-likeness (QED) is 0.0179. The summed E-state index contributed by atoms with van der Waals surface area (Å²) in [6.45, 7) is 3.78. The van der Waals surface area contributed by atoms with E-state index in [9.17, 15) is 34.4 Å². The minimum absolute atomic E-state index is 0.0291. The molecule has 1 aliphatic heterocycles. The molecule has 350 valence electrons. The van der Waals surface area contributed by atoms with Crippen molar-refractivity contribution in [3.63, 3.8) is 0 Å². The van der Waals surface area contributed by atoms with Crippen LogP contribution in [0.4, 0.5) is 0 Å². The van der Waals surface area contributed by atoms with Gasteiger partial charge in [0, 0.05) is 25.2 Å². The van der Waals surface area contributed by atoms with Crippen LogP contribution in [0.15, 0.2) is 36.5 Å². The Kier molecular flexibility index (Phi) is 32.3. The Balaban J connectivity index is 2.54. The molecule has 1 rings (SSSR count). The van der Waals surface area contributed by atoms with Crippen molar-refractivity contribution in [1.82, 2.24) is 0 Å². The maximum absolute atomic E-state index is 12.8. The van der Waals surface area contributed by atoms with Crippen molar-refractivity contribution in [2.45, 2.75) is 192 Å². The van der Waals surface area contributed by atoms with E-state index in [2.05, 4.69) is 26.0 Å². The molecule has 0 radical (unpaired) electrons. The number of carbonyl (C=O) groups excluding carboxylic acids is 2. The number of aliphatic hydroxyl groups is 3. The Morgan fingerprint density at radius 2 is 1.37 bits per heavy atom. The van der Waals surface area contributed by atoms with Gasteiger partial charge in [0.1, 0.15) is 19.8 Å². The van der Waals surface area contributed by atoms with E-state index in [1.807, 2.05) is 33.3 Å². The third-order valence-electron chi connectivity index (χ3n) is 10.4. The molecular formula is C46H84NO12P. The van der Waals surface area contributed by atoms with Crippen molar-refractivity contribution in [3.05, 3.63) is 36.5 Å². The van der Waals surface area contributed by atoms with Crippen LogP contribution in [0.2, 0.25) is 0 Å². The van der Waals surface area contributed by atoms with E-state index >= 15 is 0 Å². The summed E-state index contributed by atoms with van der Waals surface area (Å²) in [5, 5.41) is 31.0. The molecule has 1 aliphatic rings. The molecule has 13 nitrogen and oxygen atoms in total. The van der Waals surface area contributed by atoms with Gasteiger partial charge in [-0.1, -0.05) is 121 Å². The Bertz CT molecular complexity index is 1240. The number of unbranched alkanes of at least 4 members (excludes halogenated alkanes) is 14. The van der Waals surface area contributed by atoms with Crippen LogP contribution in [-0.2, 0) is 37.4 Å². The lowest BCUT2D eigenvalue weighted by molar-refractivity contribution is -0.870. The van der Waals surface area contributed by atoms with Gasteiger partial charge < -0.3 is 48.0 Å². The molecule has 0 bridgehead atoms. The van der Waals surface area contributed by atoms with Crippen molar-refractivity contribution in [2.24, 2.45) is 5.92 Å². The molecule has 1 heterocycles. The minimum atomic E-state index is -4.71. The zero-order valence-electron chi connectivity index (χ0n) is 37.9. The minimum Gasteiger partial charge on any atom is -0.756 e. The van der Waals surface area contributed by atoms with Crippen molar-refractivity contribution >= 4 is 19.8 Å². The highest BCUT2D eigenvalue weighted by Gasteiger charge is 2.35. The first-order valence-electron chi connectivity index (χ1n) is 23.1. The van der Waals surface area contributed by atoms with Crippen molar-refractivity contribution in [3.8, 4) is 0 Å². The average Bonchev–Trinajstić information content (AvgIpc) is 3.18. The Labute approximate surface area is 363 Å². The van der Waals surface area contributed by atoms with Gasteiger partial charge in [-0.05, 0) is 57.8 Å². The number of quaternary nitrogens is 1. The van der Waals surface area contributed by atoms with E-state index in [1.165, 1.54) is 38.5 Å². The number of likely N-dealkylation sites (N-methyl/N-ethyl adjacent to an activating group) is 1. The molecule has 0 spiro atoms. The third kappa shape index (κ3) is 31.8. The molecule has 0 aromatic rings. The van der Waals surface area contributed by atoms with Gasteiger partial charge in [-0.2, -0.15) is 0 Å². The summed E-state index contributed by atoms with van der Waals surface area (Å²) in [5.41, 5.74) is 0. The smallest absolute Gasteiger partial charge is 0.306 e. The topological polar surface area (TPSA) is 181 Å². The van der Waals surface area contributed by atoms with E-state index in [4.69, 9.17) is 23.3 Å². The van der Waals surface area contributed by atoms with Crippen LogP contribution in [0.1, 0.15) is 162 Å². The Morgan fingerprint density at radius 1 is 0.783 bits per heavy atom. The lowest BCUT2D eigenvalue weighted by atomic mass is 9.87. The van der Waals surface area contributed by atoms with Crippen LogP contribution in [0.25, 0.3) is 0 Å². The van der Waals surface area contributed by atoms with Crippen LogP contribution >= 0.6 is 7.82 Å². The van der Waals surface area contributed by atoms with E-state index in [0.717, 1.165) is 57.8 Å². The number of rotatable bonds is 37. The summed E-state index contributed by atoms with van der Waals surface area (Å²) in [6.07, 6.45) is 27.9. The number of esters is 2. The maximum atomic E-state index is 12.8. The van der Waals surface area contributed by atoms with Crippen LogP contribution in [0.5, 0.6) is 0 Å². The van der Waals surface area contributed by atoms with E-state index in [-0.39, 0.29) is 38.4 Å². The van der Waals surface area contributed by atoms with E-state index < -0.39 is 57.1 Å². The lowest BCUT2D eigenvalue weighted by Crippen LogP contribution is -2.43. The fourth-order valence-corrected chi connectivity index (χ4v) is 7.42. The molecule has 14 heteroatoms. The number of nitrogens with zero attached hydrogens (tertiary/aromatic N) is 1. The second kappa shape index (κ2) is 34.5. The molecular weight excluding hydrogens is 789 g/mol. The summed E-state index contributed by atoms with van der Waals surface area (Å²) in [7, 11) is 0.992. The number of carbonyl (C=O) groups is 2. The average molecular weight is 874 g/mol. The lowest BCUT2D eigenvalue weighted by Gasteiger charge is -2.36. The first-order valence-corrected chi connectivity index (χ1v) is 24.6. The number of aliphatic hydroxyl groups excluding tert-OH is 3. The van der Waals surface area contributed by atoms with Crippen molar-refractivity contribution in [2.75, 3.05) is 47.5 Å². The zero-order chi connectivity index (χ0) is 44.5. The van der Waals surface area contributed by atoms with Crippen molar-refractivity contribution in [1.29, 1.82) is 0 Å². The number of phosphoric acid groups is 1. The number of ether oxygens (including phenoxy) is 3. The highest BCUT2D eigenvalue weighted by atomic mass is 31.2. The molecule has 0 amide bonds.